The number of carboxylic acid groups (broad SMARTS) is 1. The summed E-state index contributed by atoms with van der Waals surface area (Å²) in [6.07, 6.45) is 1.25. The third kappa shape index (κ3) is 4.03. The summed E-state index contributed by atoms with van der Waals surface area (Å²) in [7, 11) is 1.62. The van der Waals surface area contributed by atoms with E-state index < -0.39 is 17.6 Å². The molecule has 2 amide bonds. The van der Waals surface area contributed by atoms with Crippen LogP contribution in [0.15, 0.2) is 72.8 Å². The summed E-state index contributed by atoms with van der Waals surface area (Å²) in [6, 6.07) is 22.3. The molecule has 2 N–H and O–H groups in total. The maximum Gasteiger partial charge on any atom is 0.408 e. The van der Waals surface area contributed by atoms with Crippen LogP contribution in [0.1, 0.15) is 46.7 Å². The fourth-order valence-corrected chi connectivity index (χ4v) is 5.02. The molecular weight excluding hydrogens is 444 g/mol. The van der Waals surface area contributed by atoms with Crippen LogP contribution in [-0.4, -0.2) is 42.3 Å². The van der Waals surface area contributed by atoms with Crippen LogP contribution in [0.2, 0.25) is 0 Å². The first-order valence-corrected chi connectivity index (χ1v) is 11.6. The van der Waals surface area contributed by atoms with Crippen molar-refractivity contribution in [2.45, 2.75) is 30.7 Å². The van der Waals surface area contributed by atoms with Gasteiger partial charge in [-0.2, -0.15) is 0 Å². The predicted octanol–water partition coefficient (Wildman–Crippen LogP) is 4.81. The number of amides is 2. The van der Waals surface area contributed by atoms with Gasteiger partial charge in [-0.3, -0.25) is 4.79 Å². The number of alkyl carbamates (subject to hydrolysis) is 1. The van der Waals surface area contributed by atoms with Crippen molar-refractivity contribution in [1.82, 2.24) is 5.32 Å². The quantitative estimate of drug-likeness (QED) is 0.539. The highest BCUT2D eigenvalue weighted by atomic mass is 16.5. The van der Waals surface area contributed by atoms with Gasteiger partial charge in [0.2, 0.25) is 0 Å². The Labute approximate surface area is 203 Å². The summed E-state index contributed by atoms with van der Waals surface area (Å²) < 4.78 is 5.66. The van der Waals surface area contributed by atoms with Gasteiger partial charge in [0, 0.05) is 18.7 Å². The normalized spacial score (nSPS) is 15.3. The minimum Gasteiger partial charge on any atom is -0.478 e. The molecule has 0 heterocycles. The van der Waals surface area contributed by atoms with Crippen molar-refractivity contribution in [1.29, 1.82) is 0 Å². The number of carbonyl (C=O) groups is 3. The molecule has 3 aromatic carbocycles. The Hall–Kier alpha value is -4.13. The highest BCUT2D eigenvalue weighted by Gasteiger charge is 2.47. The van der Waals surface area contributed by atoms with Gasteiger partial charge in [0.1, 0.15) is 12.1 Å². The van der Waals surface area contributed by atoms with Crippen molar-refractivity contribution in [2.24, 2.45) is 0 Å². The maximum absolute atomic E-state index is 13.3. The Bertz CT molecular complexity index is 1250. The van der Waals surface area contributed by atoms with E-state index in [1.807, 2.05) is 24.3 Å². The van der Waals surface area contributed by atoms with Crippen LogP contribution in [-0.2, 0) is 9.53 Å². The van der Waals surface area contributed by atoms with E-state index in [0.29, 0.717) is 18.5 Å². The van der Waals surface area contributed by atoms with E-state index >= 15 is 0 Å². The number of aromatic carboxylic acids is 1. The van der Waals surface area contributed by atoms with Gasteiger partial charge in [0.25, 0.3) is 5.91 Å². The number of fused-ring (bicyclic) bond motifs is 3. The minimum absolute atomic E-state index is 0.0587. The van der Waals surface area contributed by atoms with Gasteiger partial charge in [-0.15, -0.1) is 0 Å². The van der Waals surface area contributed by atoms with Gasteiger partial charge < -0.3 is 20.1 Å². The standard InChI is InChI=1S/C28H26N2O5/c1-30(19-13-11-18(12-14-19)25(31)32)26(33)28(15-6-16-28)29-27(34)35-17-24-22-9-4-2-7-20(22)21-8-3-5-10-23(21)24/h2-5,7-14,24H,6,15-17H2,1H3,(H,29,34)(H,31,32). The van der Waals surface area contributed by atoms with Crippen LogP contribution in [0.5, 0.6) is 0 Å². The lowest BCUT2D eigenvalue weighted by atomic mass is 9.75. The molecule has 0 spiro atoms. The molecule has 0 radical (unpaired) electrons. The smallest absolute Gasteiger partial charge is 0.408 e. The molecule has 0 aromatic heterocycles. The lowest BCUT2D eigenvalue weighted by Crippen LogP contribution is -2.63. The molecule has 1 fully saturated rings. The zero-order chi connectivity index (χ0) is 24.6. The maximum atomic E-state index is 13.3. The number of ether oxygens (including phenoxy) is 1. The van der Waals surface area contributed by atoms with Crippen molar-refractivity contribution < 1.29 is 24.2 Å². The summed E-state index contributed by atoms with van der Waals surface area (Å²) in [5.41, 5.74) is 4.23. The molecule has 0 aliphatic heterocycles. The summed E-state index contributed by atoms with van der Waals surface area (Å²) >= 11 is 0. The Morgan fingerprint density at radius 3 is 2.03 bits per heavy atom. The number of nitrogens with one attached hydrogen (secondary N) is 1. The van der Waals surface area contributed by atoms with E-state index in [4.69, 9.17) is 9.84 Å². The molecule has 1 saturated carbocycles. The van der Waals surface area contributed by atoms with E-state index in [1.165, 1.54) is 17.0 Å². The van der Waals surface area contributed by atoms with E-state index in [9.17, 15) is 14.4 Å². The van der Waals surface area contributed by atoms with Crippen LogP contribution >= 0.6 is 0 Å². The summed E-state index contributed by atoms with van der Waals surface area (Å²) in [6.45, 7) is 0.177. The number of hydrogen-bond donors (Lipinski definition) is 2. The second-order valence-corrected chi connectivity index (χ2v) is 9.10. The lowest BCUT2D eigenvalue weighted by molar-refractivity contribution is -0.127. The third-order valence-electron chi connectivity index (χ3n) is 7.11. The van der Waals surface area contributed by atoms with Crippen molar-refractivity contribution in [2.75, 3.05) is 18.6 Å². The Balaban J connectivity index is 1.27. The lowest BCUT2D eigenvalue weighted by Gasteiger charge is -2.42. The van der Waals surface area contributed by atoms with Crippen molar-refractivity contribution in [3.8, 4) is 11.1 Å². The molecule has 3 aromatic rings. The summed E-state index contributed by atoms with van der Waals surface area (Å²) in [4.78, 5) is 38.7. The SMILES string of the molecule is CN(C(=O)C1(NC(=O)OCC2c3ccccc3-c3ccccc32)CCC1)c1ccc(C(=O)O)cc1. The van der Waals surface area contributed by atoms with Crippen LogP contribution in [0, 0.1) is 0 Å². The van der Waals surface area contributed by atoms with Gasteiger partial charge in [-0.25, -0.2) is 9.59 Å². The zero-order valence-corrected chi connectivity index (χ0v) is 19.4. The van der Waals surface area contributed by atoms with Crippen LogP contribution in [0.4, 0.5) is 10.5 Å². The highest BCUT2D eigenvalue weighted by molar-refractivity contribution is 6.02. The van der Waals surface area contributed by atoms with Gasteiger partial charge in [0.15, 0.2) is 0 Å². The first kappa shape index (κ1) is 22.7. The summed E-state index contributed by atoms with van der Waals surface area (Å²) in [5.74, 6) is -1.34. The van der Waals surface area contributed by atoms with Gasteiger partial charge >= 0.3 is 12.1 Å². The molecule has 7 heteroatoms. The number of nitrogens with zero attached hydrogens (tertiary/aromatic N) is 1. The van der Waals surface area contributed by atoms with Crippen LogP contribution in [0.3, 0.4) is 0 Å². The van der Waals surface area contributed by atoms with Gasteiger partial charge in [0.05, 0.1) is 5.56 Å². The molecule has 0 bridgehead atoms. The molecule has 35 heavy (non-hydrogen) atoms. The van der Waals surface area contributed by atoms with Crippen molar-refractivity contribution in [3.63, 3.8) is 0 Å². The molecule has 178 valence electrons. The summed E-state index contributed by atoms with van der Waals surface area (Å²) in [5, 5.41) is 11.9. The number of anilines is 1. The van der Waals surface area contributed by atoms with Crippen LogP contribution in [0.25, 0.3) is 11.1 Å². The van der Waals surface area contributed by atoms with E-state index in [0.717, 1.165) is 28.7 Å². The fourth-order valence-electron chi connectivity index (χ4n) is 5.02. The minimum atomic E-state index is -1.03. The average molecular weight is 471 g/mol. The molecule has 0 saturated heterocycles. The van der Waals surface area contributed by atoms with Crippen molar-refractivity contribution in [3.05, 3.63) is 89.5 Å². The molecule has 0 unspecified atom stereocenters. The number of rotatable bonds is 6. The van der Waals surface area contributed by atoms with Crippen LogP contribution < -0.4 is 10.2 Å². The first-order valence-electron chi connectivity index (χ1n) is 11.6. The highest BCUT2D eigenvalue weighted by Crippen LogP contribution is 2.44. The molecule has 5 rings (SSSR count). The second kappa shape index (κ2) is 8.91. The topological polar surface area (TPSA) is 95.9 Å². The molecule has 7 nitrogen and oxygen atoms in total. The molecule has 2 aliphatic carbocycles. The fraction of sp³-hybridized carbons (Fsp3) is 0.250. The monoisotopic (exact) mass is 470 g/mol. The van der Waals surface area contributed by atoms with E-state index in [-0.39, 0.29) is 24.0 Å². The Morgan fingerprint density at radius 1 is 0.943 bits per heavy atom. The number of benzene rings is 3. The van der Waals surface area contributed by atoms with Gasteiger partial charge in [-0.05, 0) is 65.8 Å². The van der Waals surface area contributed by atoms with E-state index in [2.05, 4.69) is 29.6 Å². The number of hydrogen-bond acceptors (Lipinski definition) is 4. The Kier molecular flexibility index (Phi) is 5.76. The first-order chi connectivity index (χ1) is 16.9. The zero-order valence-electron chi connectivity index (χ0n) is 19.4. The van der Waals surface area contributed by atoms with E-state index in [1.54, 1.807) is 19.2 Å². The molecule has 0 atom stereocenters. The third-order valence-corrected chi connectivity index (χ3v) is 7.11. The second-order valence-electron chi connectivity index (χ2n) is 9.10. The largest absolute Gasteiger partial charge is 0.478 e. The predicted molar refractivity (Wildman–Crippen MR) is 132 cm³/mol. The van der Waals surface area contributed by atoms with Gasteiger partial charge in [-0.1, -0.05) is 48.5 Å². The number of carboxylic acids is 1. The number of likely N-dealkylation sites (N-methyl/N-ethyl adjacent to an activating group) is 1. The molecular formula is C28H26N2O5. The molecule has 2 aliphatic rings. The number of carbonyl (C=O) groups excluding carboxylic acids is 2. The van der Waals surface area contributed by atoms with Crippen molar-refractivity contribution >= 4 is 23.7 Å². The Morgan fingerprint density at radius 2 is 1.51 bits per heavy atom. The average Bonchev–Trinajstić information content (AvgIpc) is 3.18.